The zero-order valence-corrected chi connectivity index (χ0v) is 11.1. The molecule has 5 N–H and O–H groups in total. The van der Waals surface area contributed by atoms with Crippen LogP contribution in [0.1, 0.15) is 44.9 Å². The number of carboxylic acid groups (broad SMARTS) is 1. The largest absolute Gasteiger partial charge is 0.481 e. The van der Waals surface area contributed by atoms with Crippen molar-refractivity contribution in [3.8, 4) is 0 Å². The summed E-state index contributed by atoms with van der Waals surface area (Å²) >= 11 is 0. The topological polar surface area (TPSA) is 104 Å². The first-order chi connectivity index (χ1) is 9.06. The minimum absolute atomic E-state index is 0.00515. The predicted molar refractivity (Wildman–Crippen MR) is 70.7 cm³/mol. The molecule has 2 rings (SSSR count). The van der Waals surface area contributed by atoms with Gasteiger partial charge in [0.2, 0.25) is 0 Å². The van der Waals surface area contributed by atoms with Gasteiger partial charge in [0.05, 0.1) is 6.42 Å². The second-order valence-electron chi connectivity index (χ2n) is 5.71. The summed E-state index contributed by atoms with van der Waals surface area (Å²) < 4.78 is 0. The molecule has 2 aliphatic rings. The van der Waals surface area contributed by atoms with Crippen molar-refractivity contribution in [3.63, 3.8) is 0 Å². The van der Waals surface area contributed by atoms with Crippen molar-refractivity contribution in [1.82, 2.24) is 10.6 Å². The zero-order valence-electron chi connectivity index (χ0n) is 11.1. The van der Waals surface area contributed by atoms with Gasteiger partial charge < -0.3 is 21.5 Å². The van der Waals surface area contributed by atoms with E-state index < -0.39 is 5.97 Å². The van der Waals surface area contributed by atoms with Gasteiger partial charge in [0.15, 0.2) is 0 Å². The van der Waals surface area contributed by atoms with E-state index in [2.05, 4.69) is 10.6 Å². The number of carbonyl (C=O) groups is 2. The van der Waals surface area contributed by atoms with Crippen molar-refractivity contribution < 1.29 is 14.7 Å². The summed E-state index contributed by atoms with van der Waals surface area (Å²) in [5, 5.41) is 14.5. The SMILES string of the molecule is NC1CCCCC1NC(=O)NC(CC(=O)O)C1CC1. The smallest absolute Gasteiger partial charge is 0.315 e. The highest BCUT2D eigenvalue weighted by Gasteiger charge is 2.34. The van der Waals surface area contributed by atoms with Gasteiger partial charge in [-0.1, -0.05) is 12.8 Å². The molecule has 3 atom stereocenters. The maximum absolute atomic E-state index is 11.9. The van der Waals surface area contributed by atoms with Crippen molar-refractivity contribution in [3.05, 3.63) is 0 Å². The molecule has 6 nitrogen and oxygen atoms in total. The molecule has 108 valence electrons. The van der Waals surface area contributed by atoms with Crippen LogP contribution in [0.5, 0.6) is 0 Å². The quantitative estimate of drug-likeness (QED) is 0.592. The molecule has 0 aliphatic heterocycles. The zero-order chi connectivity index (χ0) is 13.8. The van der Waals surface area contributed by atoms with Crippen LogP contribution in [0.4, 0.5) is 4.79 Å². The number of carboxylic acids is 1. The molecule has 0 aromatic rings. The van der Waals surface area contributed by atoms with Crippen LogP contribution in [0.15, 0.2) is 0 Å². The average molecular weight is 269 g/mol. The first kappa shape index (κ1) is 14.1. The number of carbonyl (C=O) groups excluding carboxylic acids is 1. The molecular formula is C13H23N3O3. The van der Waals surface area contributed by atoms with Crippen molar-refractivity contribution >= 4 is 12.0 Å². The van der Waals surface area contributed by atoms with E-state index in [1.54, 1.807) is 0 Å². The molecule has 2 amide bonds. The van der Waals surface area contributed by atoms with Gasteiger partial charge in [-0.2, -0.15) is 0 Å². The molecule has 0 saturated heterocycles. The fourth-order valence-corrected chi connectivity index (χ4v) is 2.74. The highest BCUT2D eigenvalue weighted by molar-refractivity contribution is 5.76. The molecule has 2 fully saturated rings. The summed E-state index contributed by atoms with van der Waals surface area (Å²) in [4.78, 5) is 22.7. The lowest BCUT2D eigenvalue weighted by Crippen LogP contribution is -2.54. The number of nitrogens with two attached hydrogens (primary N) is 1. The van der Waals surface area contributed by atoms with Crippen LogP contribution in [-0.2, 0) is 4.79 Å². The first-order valence-corrected chi connectivity index (χ1v) is 7.10. The van der Waals surface area contributed by atoms with Crippen LogP contribution < -0.4 is 16.4 Å². The van der Waals surface area contributed by atoms with Crippen LogP contribution in [0, 0.1) is 5.92 Å². The van der Waals surface area contributed by atoms with Gasteiger partial charge in [-0.3, -0.25) is 4.79 Å². The number of urea groups is 1. The number of rotatable bonds is 5. The Balaban J connectivity index is 1.79. The maximum atomic E-state index is 11.9. The van der Waals surface area contributed by atoms with Gasteiger partial charge in [0, 0.05) is 18.1 Å². The number of amides is 2. The lowest BCUT2D eigenvalue weighted by atomic mass is 9.91. The fraction of sp³-hybridized carbons (Fsp3) is 0.846. The lowest BCUT2D eigenvalue weighted by Gasteiger charge is -2.30. The van der Waals surface area contributed by atoms with Crippen LogP contribution in [-0.4, -0.2) is 35.2 Å². The van der Waals surface area contributed by atoms with E-state index in [1.165, 1.54) is 0 Å². The van der Waals surface area contributed by atoms with Crippen LogP contribution in [0.3, 0.4) is 0 Å². The molecule has 0 bridgehead atoms. The third-order valence-corrected chi connectivity index (χ3v) is 4.04. The molecule has 0 aromatic carbocycles. The van der Waals surface area contributed by atoms with Gasteiger partial charge in [0.1, 0.15) is 0 Å². The van der Waals surface area contributed by atoms with Crippen LogP contribution in [0.25, 0.3) is 0 Å². The summed E-state index contributed by atoms with van der Waals surface area (Å²) in [7, 11) is 0. The average Bonchev–Trinajstić information content (AvgIpc) is 3.14. The van der Waals surface area contributed by atoms with E-state index in [9.17, 15) is 9.59 Å². The van der Waals surface area contributed by atoms with E-state index in [4.69, 9.17) is 10.8 Å². The summed E-state index contributed by atoms with van der Waals surface area (Å²) in [5.41, 5.74) is 5.97. The third-order valence-electron chi connectivity index (χ3n) is 4.04. The summed E-state index contributed by atoms with van der Waals surface area (Å²) in [5.74, 6) is -0.548. The second kappa shape index (κ2) is 6.23. The minimum atomic E-state index is -0.869. The summed E-state index contributed by atoms with van der Waals surface area (Å²) in [6.07, 6.45) is 6.04. The predicted octanol–water partition coefficient (Wildman–Crippen LogP) is 0.809. The number of hydrogen-bond donors (Lipinski definition) is 4. The fourth-order valence-electron chi connectivity index (χ4n) is 2.74. The lowest BCUT2D eigenvalue weighted by molar-refractivity contribution is -0.137. The molecule has 2 saturated carbocycles. The normalized spacial score (nSPS) is 28.5. The first-order valence-electron chi connectivity index (χ1n) is 7.10. The Bertz CT molecular complexity index is 344. The second-order valence-corrected chi connectivity index (χ2v) is 5.71. The van der Waals surface area contributed by atoms with E-state index in [1.807, 2.05) is 0 Å². The molecular weight excluding hydrogens is 246 g/mol. The Morgan fingerprint density at radius 3 is 2.47 bits per heavy atom. The number of nitrogens with one attached hydrogen (secondary N) is 2. The minimum Gasteiger partial charge on any atom is -0.481 e. The molecule has 19 heavy (non-hydrogen) atoms. The maximum Gasteiger partial charge on any atom is 0.315 e. The molecule has 0 heterocycles. The Labute approximate surface area is 113 Å². The molecule has 0 spiro atoms. The summed E-state index contributed by atoms with van der Waals surface area (Å²) in [6.45, 7) is 0. The molecule has 6 heteroatoms. The highest BCUT2D eigenvalue weighted by atomic mass is 16.4. The summed E-state index contributed by atoms with van der Waals surface area (Å²) in [6, 6.07) is -0.505. The Kier molecular flexibility index (Phi) is 4.63. The van der Waals surface area contributed by atoms with E-state index in [-0.39, 0.29) is 30.6 Å². The van der Waals surface area contributed by atoms with Crippen molar-refractivity contribution in [2.45, 2.75) is 63.1 Å². The highest BCUT2D eigenvalue weighted by Crippen LogP contribution is 2.34. The monoisotopic (exact) mass is 269 g/mol. The van der Waals surface area contributed by atoms with E-state index >= 15 is 0 Å². The van der Waals surface area contributed by atoms with Crippen LogP contribution >= 0.6 is 0 Å². The van der Waals surface area contributed by atoms with E-state index in [0.29, 0.717) is 5.92 Å². The van der Waals surface area contributed by atoms with Crippen molar-refractivity contribution in [2.24, 2.45) is 11.7 Å². The van der Waals surface area contributed by atoms with Gasteiger partial charge in [-0.25, -0.2) is 4.79 Å². The third kappa shape index (κ3) is 4.38. The van der Waals surface area contributed by atoms with Gasteiger partial charge in [-0.15, -0.1) is 0 Å². The molecule has 2 aliphatic carbocycles. The Morgan fingerprint density at radius 1 is 1.21 bits per heavy atom. The molecule has 0 radical (unpaired) electrons. The Hall–Kier alpha value is -1.30. The van der Waals surface area contributed by atoms with Gasteiger partial charge in [-0.05, 0) is 31.6 Å². The number of aliphatic carboxylic acids is 1. The Morgan fingerprint density at radius 2 is 1.89 bits per heavy atom. The van der Waals surface area contributed by atoms with Gasteiger partial charge in [0.25, 0.3) is 0 Å². The molecule has 0 aromatic heterocycles. The van der Waals surface area contributed by atoms with Crippen LogP contribution in [0.2, 0.25) is 0 Å². The standard InChI is InChI=1S/C13H23N3O3/c14-9-3-1-2-4-10(9)15-13(19)16-11(7-12(17)18)8-5-6-8/h8-11H,1-7,14H2,(H,17,18)(H2,15,16,19). The number of hydrogen-bond acceptors (Lipinski definition) is 3. The van der Waals surface area contributed by atoms with Gasteiger partial charge >= 0.3 is 12.0 Å². The van der Waals surface area contributed by atoms with E-state index in [0.717, 1.165) is 38.5 Å². The molecule has 3 unspecified atom stereocenters. The van der Waals surface area contributed by atoms with Crippen molar-refractivity contribution in [1.29, 1.82) is 0 Å². The van der Waals surface area contributed by atoms with Crippen molar-refractivity contribution in [2.75, 3.05) is 0 Å².